The summed E-state index contributed by atoms with van der Waals surface area (Å²) in [6.45, 7) is 11.7. The smallest absolute Gasteiger partial charge is 0.105 e. The molecule has 17 heavy (non-hydrogen) atoms. The third kappa shape index (κ3) is 4.52. The fourth-order valence-corrected chi connectivity index (χ4v) is 2.04. The van der Waals surface area contributed by atoms with Gasteiger partial charge in [-0.2, -0.15) is 0 Å². The van der Waals surface area contributed by atoms with Crippen LogP contribution in [0, 0.1) is 5.41 Å². The van der Waals surface area contributed by atoms with Crippen LogP contribution < -0.4 is 5.73 Å². The van der Waals surface area contributed by atoms with Crippen LogP contribution in [-0.2, 0) is 6.42 Å². The molecule has 2 N–H and O–H groups in total. The molecular weight excluding hydrogens is 212 g/mol. The van der Waals surface area contributed by atoms with Crippen molar-refractivity contribution in [1.82, 2.24) is 4.90 Å². The van der Waals surface area contributed by atoms with E-state index in [-0.39, 0.29) is 5.41 Å². The highest BCUT2D eigenvalue weighted by atomic mass is 16.3. The van der Waals surface area contributed by atoms with Crippen molar-refractivity contribution in [3.8, 4) is 0 Å². The number of nitrogens with two attached hydrogens (primary N) is 1. The molecule has 0 saturated heterocycles. The Labute approximate surface area is 105 Å². The summed E-state index contributed by atoms with van der Waals surface area (Å²) < 4.78 is 5.40. The summed E-state index contributed by atoms with van der Waals surface area (Å²) in [7, 11) is 0. The number of hydrogen-bond donors (Lipinski definition) is 1. The molecule has 0 radical (unpaired) electrons. The topological polar surface area (TPSA) is 42.4 Å². The molecule has 0 fully saturated rings. The highest BCUT2D eigenvalue weighted by Gasteiger charge is 2.23. The third-order valence-corrected chi connectivity index (χ3v) is 3.29. The van der Waals surface area contributed by atoms with Crippen molar-refractivity contribution in [2.24, 2.45) is 11.1 Å². The largest absolute Gasteiger partial charge is 0.469 e. The zero-order valence-corrected chi connectivity index (χ0v) is 11.6. The van der Waals surface area contributed by atoms with E-state index in [4.69, 9.17) is 10.2 Å². The molecule has 0 bridgehead atoms. The van der Waals surface area contributed by atoms with Crippen LogP contribution in [-0.4, -0.2) is 30.6 Å². The van der Waals surface area contributed by atoms with E-state index in [1.807, 2.05) is 12.1 Å². The molecule has 3 heteroatoms. The molecule has 0 aromatic carbocycles. The van der Waals surface area contributed by atoms with Gasteiger partial charge in [0.05, 0.1) is 6.26 Å². The minimum Gasteiger partial charge on any atom is -0.469 e. The first-order valence-electron chi connectivity index (χ1n) is 6.45. The highest BCUT2D eigenvalue weighted by Crippen LogP contribution is 2.18. The lowest BCUT2D eigenvalue weighted by Gasteiger charge is -2.35. The summed E-state index contributed by atoms with van der Waals surface area (Å²) in [6.07, 6.45) is 2.70. The minimum absolute atomic E-state index is 0.174. The molecule has 1 aromatic heterocycles. The van der Waals surface area contributed by atoms with E-state index < -0.39 is 0 Å². The Hall–Kier alpha value is -0.800. The second-order valence-electron chi connectivity index (χ2n) is 5.56. The molecule has 1 rings (SSSR count). The Morgan fingerprint density at radius 1 is 1.47 bits per heavy atom. The molecule has 1 heterocycles. The molecule has 1 atom stereocenters. The monoisotopic (exact) mass is 238 g/mol. The minimum atomic E-state index is 0.174. The van der Waals surface area contributed by atoms with Crippen molar-refractivity contribution in [1.29, 1.82) is 0 Å². The Morgan fingerprint density at radius 2 is 2.18 bits per heavy atom. The average molecular weight is 238 g/mol. The van der Waals surface area contributed by atoms with Gasteiger partial charge in [0, 0.05) is 19.0 Å². The van der Waals surface area contributed by atoms with Crippen molar-refractivity contribution in [2.75, 3.05) is 19.6 Å². The van der Waals surface area contributed by atoms with Crippen LogP contribution >= 0.6 is 0 Å². The van der Waals surface area contributed by atoms with E-state index in [9.17, 15) is 0 Å². The first-order chi connectivity index (χ1) is 7.98. The number of furan rings is 1. The lowest BCUT2D eigenvalue weighted by molar-refractivity contribution is 0.143. The van der Waals surface area contributed by atoms with Crippen LogP contribution in [0.1, 0.15) is 33.5 Å². The van der Waals surface area contributed by atoms with Crippen LogP contribution in [0.3, 0.4) is 0 Å². The number of nitrogens with zero attached hydrogens (tertiary/aromatic N) is 1. The fourth-order valence-electron chi connectivity index (χ4n) is 2.04. The van der Waals surface area contributed by atoms with Crippen LogP contribution in [0.25, 0.3) is 0 Å². The van der Waals surface area contributed by atoms with Crippen molar-refractivity contribution < 1.29 is 4.42 Å². The van der Waals surface area contributed by atoms with E-state index in [1.54, 1.807) is 6.26 Å². The molecule has 0 aliphatic carbocycles. The molecule has 0 spiro atoms. The van der Waals surface area contributed by atoms with Crippen molar-refractivity contribution in [3.63, 3.8) is 0 Å². The van der Waals surface area contributed by atoms with E-state index in [1.165, 1.54) is 0 Å². The van der Waals surface area contributed by atoms with E-state index in [2.05, 4.69) is 32.6 Å². The summed E-state index contributed by atoms with van der Waals surface area (Å²) >= 11 is 0. The van der Waals surface area contributed by atoms with Gasteiger partial charge in [0.15, 0.2) is 0 Å². The Kier molecular flexibility index (Phi) is 5.22. The summed E-state index contributed by atoms with van der Waals surface area (Å²) in [4.78, 5) is 2.47. The maximum Gasteiger partial charge on any atom is 0.105 e. The van der Waals surface area contributed by atoms with Gasteiger partial charge in [0.1, 0.15) is 5.76 Å². The predicted molar refractivity (Wildman–Crippen MR) is 72.0 cm³/mol. The van der Waals surface area contributed by atoms with E-state index in [0.717, 1.165) is 31.8 Å². The summed E-state index contributed by atoms with van der Waals surface area (Å²) in [5.74, 6) is 1.06. The van der Waals surface area contributed by atoms with Gasteiger partial charge in [0.2, 0.25) is 0 Å². The first-order valence-corrected chi connectivity index (χ1v) is 6.45. The molecule has 0 amide bonds. The molecule has 0 aliphatic rings. The zero-order valence-electron chi connectivity index (χ0n) is 11.6. The Balaban J connectivity index is 2.55. The second kappa shape index (κ2) is 6.22. The Morgan fingerprint density at radius 3 is 2.65 bits per heavy atom. The molecule has 1 unspecified atom stereocenters. The SMILES string of the molecule is CCN(CC(C)(C)CN)C(C)Cc1ccco1. The molecule has 3 nitrogen and oxygen atoms in total. The maximum atomic E-state index is 5.80. The lowest BCUT2D eigenvalue weighted by Crippen LogP contribution is -2.43. The van der Waals surface area contributed by atoms with Crippen molar-refractivity contribution >= 4 is 0 Å². The Bertz CT molecular complexity index is 306. The molecular formula is C14H26N2O. The van der Waals surface area contributed by atoms with Gasteiger partial charge in [-0.1, -0.05) is 20.8 Å². The summed E-state index contributed by atoms with van der Waals surface area (Å²) in [5, 5.41) is 0. The van der Waals surface area contributed by atoms with Gasteiger partial charge < -0.3 is 10.2 Å². The third-order valence-electron chi connectivity index (χ3n) is 3.29. The van der Waals surface area contributed by atoms with Gasteiger partial charge >= 0.3 is 0 Å². The van der Waals surface area contributed by atoms with Crippen LogP contribution in [0.4, 0.5) is 0 Å². The number of likely N-dealkylation sites (N-methyl/N-ethyl adjacent to an activating group) is 1. The van der Waals surface area contributed by atoms with Gasteiger partial charge in [-0.15, -0.1) is 0 Å². The predicted octanol–water partition coefficient (Wildman–Crippen LogP) is 2.52. The van der Waals surface area contributed by atoms with Crippen LogP contribution in [0.15, 0.2) is 22.8 Å². The van der Waals surface area contributed by atoms with Gasteiger partial charge in [-0.05, 0) is 37.6 Å². The first kappa shape index (κ1) is 14.3. The van der Waals surface area contributed by atoms with Crippen LogP contribution in [0.2, 0.25) is 0 Å². The highest BCUT2D eigenvalue weighted by molar-refractivity contribution is 5.00. The van der Waals surface area contributed by atoms with Crippen LogP contribution in [0.5, 0.6) is 0 Å². The number of hydrogen-bond acceptors (Lipinski definition) is 3. The van der Waals surface area contributed by atoms with Crippen molar-refractivity contribution in [3.05, 3.63) is 24.2 Å². The molecule has 0 saturated carbocycles. The summed E-state index contributed by atoms with van der Waals surface area (Å²) in [6, 6.07) is 4.47. The second-order valence-corrected chi connectivity index (χ2v) is 5.56. The van der Waals surface area contributed by atoms with Gasteiger partial charge in [-0.25, -0.2) is 0 Å². The van der Waals surface area contributed by atoms with E-state index in [0.29, 0.717) is 6.04 Å². The lowest BCUT2D eigenvalue weighted by atomic mass is 9.92. The van der Waals surface area contributed by atoms with Gasteiger partial charge in [0.25, 0.3) is 0 Å². The summed E-state index contributed by atoms with van der Waals surface area (Å²) in [5.41, 5.74) is 5.97. The fraction of sp³-hybridized carbons (Fsp3) is 0.714. The average Bonchev–Trinajstić information content (AvgIpc) is 2.78. The van der Waals surface area contributed by atoms with Crippen molar-refractivity contribution in [2.45, 2.75) is 40.2 Å². The molecule has 1 aromatic rings. The standard InChI is InChI=1S/C14H26N2O/c1-5-16(11-14(3,4)10-15)12(2)9-13-7-6-8-17-13/h6-8,12H,5,9-11,15H2,1-4H3. The quantitative estimate of drug-likeness (QED) is 0.793. The maximum absolute atomic E-state index is 5.80. The zero-order chi connectivity index (χ0) is 12.9. The molecule has 0 aliphatic heterocycles. The number of rotatable bonds is 7. The van der Waals surface area contributed by atoms with Gasteiger partial charge in [-0.3, -0.25) is 4.90 Å². The molecule has 98 valence electrons. The normalized spacial score (nSPS) is 14.2. The van der Waals surface area contributed by atoms with E-state index >= 15 is 0 Å².